The maximum Gasteiger partial charge on any atom is 0.339 e. The van der Waals surface area contributed by atoms with Crippen LogP contribution >= 0.6 is 22.6 Å². The minimum absolute atomic E-state index is 0.0187. The van der Waals surface area contributed by atoms with Crippen LogP contribution < -0.4 is 10.5 Å². The number of pyridine rings is 1. The molecule has 0 spiro atoms. The number of nitrogens with two attached hydrogens (primary N) is 1. The molecule has 8 nitrogen and oxygen atoms in total. The Balaban J connectivity index is 1.45. The Kier molecular flexibility index (Phi) is 5.65. The Hall–Kier alpha value is -2.69. The van der Waals surface area contributed by atoms with Gasteiger partial charge in [-0.2, -0.15) is 0 Å². The molecule has 150 valence electrons. The normalized spacial score (nSPS) is 19.1. The number of ether oxygens (including phenoxy) is 1. The monoisotopic (exact) mass is 505 g/mol. The minimum Gasteiger partial charge on any atom is -0.490 e. The number of benzene rings is 1. The molecule has 9 heteroatoms. The second-order valence-electron chi connectivity index (χ2n) is 7.00. The summed E-state index contributed by atoms with van der Waals surface area (Å²) in [5.41, 5.74) is 6.70. The van der Waals surface area contributed by atoms with Crippen molar-refractivity contribution in [3.63, 3.8) is 0 Å². The molecule has 2 aromatic heterocycles. The molecule has 0 unspecified atom stereocenters. The third kappa shape index (κ3) is 4.34. The summed E-state index contributed by atoms with van der Waals surface area (Å²) in [5, 5.41) is 17.7. The van der Waals surface area contributed by atoms with Crippen molar-refractivity contribution in [2.75, 3.05) is 5.73 Å². The summed E-state index contributed by atoms with van der Waals surface area (Å²) >= 11 is 2.10. The maximum atomic E-state index is 11.5. The van der Waals surface area contributed by atoms with E-state index in [2.05, 4.69) is 37.8 Å². The average molecular weight is 505 g/mol. The maximum absolute atomic E-state index is 11.5. The van der Waals surface area contributed by atoms with E-state index >= 15 is 0 Å². The molecule has 29 heavy (non-hydrogen) atoms. The van der Waals surface area contributed by atoms with Crippen molar-refractivity contribution in [1.29, 1.82) is 0 Å². The van der Waals surface area contributed by atoms with Crippen LogP contribution in [-0.4, -0.2) is 36.9 Å². The van der Waals surface area contributed by atoms with Gasteiger partial charge in [-0.15, -0.1) is 10.2 Å². The van der Waals surface area contributed by atoms with Gasteiger partial charge in [0.15, 0.2) is 5.82 Å². The van der Waals surface area contributed by atoms with E-state index in [1.807, 2.05) is 22.8 Å². The molecule has 0 aliphatic heterocycles. The largest absolute Gasteiger partial charge is 0.490 e. The lowest BCUT2D eigenvalue weighted by molar-refractivity contribution is 0.0684. The fourth-order valence-electron chi connectivity index (χ4n) is 3.66. The number of aromatic nitrogens is 4. The van der Waals surface area contributed by atoms with Gasteiger partial charge in [0.2, 0.25) is 0 Å². The van der Waals surface area contributed by atoms with Gasteiger partial charge < -0.3 is 20.1 Å². The Morgan fingerprint density at radius 1 is 1.21 bits per heavy atom. The van der Waals surface area contributed by atoms with E-state index in [1.165, 1.54) is 0 Å². The summed E-state index contributed by atoms with van der Waals surface area (Å²) in [7, 11) is 0. The first kappa shape index (κ1) is 19.6. The first-order chi connectivity index (χ1) is 14.0. The summed E-state index contributed by atoms with van der Waals surface area (Å²) in [5.74, 6) is 0.597. The molecule has 3 aromatic rings. The van der Waals surface area contributed by atoms with E-state index in [4.69, 9.17) is 10.5 Å². The molecule has 1 fully saturated rings. The van der Waals surface area contributed by atoms with Crippen molar-refractivity contribution < 1.29 is 14.6 Å². The highest BCUT2D eigenvalue weighted by molar-refractivity contribution is 14.1. The number of carbonyl (C=O) groups is 1. The highest BCUT2D eigenvalue weighted by Gasteiger charge is 2.27. The summed E-state index contributed by atoms with van der Waals surface area (Å²) < 4.78 is 8.96. The summed E-state index contributed by atoms with van der Waals surface area (Å²) in [4.78, 5) is 15.9. The van der Waals surface area contributed by atoms with Gasteiger partial charge in [0.25, 0.3) is 0 Å². The van der Waals surface area contributed by atoms with E-state index in [0.29, 0.717) is 23.1 Å². The number of halogens is 1. The van der Waals surface area contributed by atoms with Gasteiger partial charge in [0.1, 0.15) is 29.2 Å². The van der Waals surface area contributed by atoms with Gasteiger partial charge in [0, 0.05) is 9.61 Å². The Morgan fingerprint density at radius 2 is 2.00 bits per heavy atom. The predicted octanol–water partition coefficient (Wildman–Crippen LogP) is 3.79. The summed E-state index contributed by atoms with van der Waals surface area (Å²) in [6, 6.07) is 10.9. The van der Waals surface area contributed by atoms with Crippen molar-refractivity contribution in [2.24, 2.45) is 0 Å². The van der Waals surface area contributed by atoms with Crippen LogP contribution in [-0.2, 0) is 0 Å². The van der Waals surface area contributed by atoms with Gasteiger partial charge in [0.05, 0.1) is 6.10 Å². The molecule has 0 saturated heterocycles. The van der Waals surface area contributed by atoms with Crippen LogP contribution in [0.4, 0.5) is 5.82 Å². The van der Waals surface area contributed by atoms with E-state index in [9.17, 15) is 9.90 Å². The molecule has 2 heterocycles. The van der Waals surface area contributed by atoms with Crippen LogP contribution in [0.5, 0.6) is 5.75 Å². The lowest BCUT2D eigenvalue weighted by Crippen LogP contribution is -2.26. The van der Waals surface area contributed by atoms with Crippen LogP contribution in [0.1, 0.15) is 42.1 Å². The SMILES string of the molecule is Nc1cccc(-c2nncn2[C@H]2CC[C@@H](Oc3ccc(I)cc3C(=O)O)CC2)n1. The van der Waals surface area contributed by atoms with Gasteiger partial charge in [-0.05, 0) is 78.6 Å². The zero-order valence-electron chi connectivity index (χ0n) is 15.5. The minimum atomic E-state index is -0.976. The smallest absolute Gasteiger partial charge is 0.339 e. The fourth-order valence-corrected chi connectivity index (χ4v) is 4.15. The molecule has 0 atom stereocenters. The Labute approximate surface area is 181 Å². The third-order valence-corrected chi connectivity index (χ3v) is 5.75. The average Bonchev–Trinajstić information content (AvgIpc) is 3.20. The van der Waals surface area contributed by atoms with Crippen molar-refractivity contribution in [1.82, 2.24) is 19.7 Å². The Morgan fingerprint density at radius 3 is 2.72 bits per heavy atom. The number of aromatic carboxylic acids is 1. The van der Waals surface area contributed by atoms with E-state index in [-0.39, 0.29) is 17.7 Å². The van der Waals surface area contributed by atoms with E-state index in [0.717, 1.165) is 29.3 Å². The summed E-state index contributed by atoms with van der Waals surface area (Å²) in [6.07, 6.45) is 5.11. The van der Waals surface area contributed by atoms with Crippen LogP contribution in [0.25, 0.3) is 11.5 Å². The van der Waals surface area contributed by atoms with Crippen molar-refractivity contribution in [3.8, 4) is 17.3 Å². The molecule has 1 aliphatic carbocycles. The molecule has 1 saturated carbocycles. The lowest BCUT2D eigenvalue weighted by Gasteiger charge is -2.30. The number of hydrogen-bond donors (Lipinski definition) is 2. The quantitative estimate of drug-likeness (QED) is 0.507. The second kappa shape index (κ2) is 8.36. The Bertz CT molecular complexity index is 1030. The molecule has 0 radical (unpaired) electrons. The molecule has 1 aromatic carbocycles. The highest BCUT2D eigenvalue weighted by Crippen LogP contribution is 2.34. The molecular formula is C20H20IN5O3. The van der Waals surface area contributed by atoms with Crippen LogP contribution in [0.2, 0.25) is 0 Å². The van der Waals surface area contributed by atoms with Crippen LogP contribution in [0, 0.1) is 3.57 Å². The number of nitrogen functional groups attached to an aromatic ring is 1. The van der Waals surface area contributed by atoms with Gasteiger partial charge in [-0.1, -0.05) is 6.07 Å². The number of carboxylic acids is 1. The first-order valence-corrected chi connectivity index (χ1v) is 10.4. The lowest BCUT2D eigenvalue weighted by atomic mass is 9.92. The fraction of sp³-hybridized carbons (Fsp3) is 0.300. The number of anilines is 1. The predicted molar refractivity (Wildman–Crippen MR) is 116 cm³/mol. The number of hydrogen-bond acceptors (Lipinski definition) is 6. The number of nitrogens with zero attached hydrogens (tertiary/aromatic N) is 4. The van der Waals surface area contributed by atoms with Crippen molar-refractivity contribution in [2.45, 2.75) is 37.8 Å². The molecule has 4 rings (SSSR count). The van der Waals surface area contributed by atoms with E-state index < -0.39 is 5.97 Å². The molecule has 1 aliphatic rings. The van der Waals surface area contributed by atoms with Gasteiger partial charge >= 0.3 is 5.97 Å². The van der Waals surface area contributed by atoms with Crippen molar-refractivity contribution >= 4 is 34.4 Å². The standard InChI is InChI=1S/C20H20IN5O3/c21-12-4-9-17(15(10-12)20(27)28)29-14-7-5-13(6-8-14)26-11-23-25-19(26)16-2-1-3-18(22)24-16/h1-4,9-11,13-14H,5-8H2,(H2,22,24)(H,27,28)/t13-,14+. The molecular weight excluding hydrogens is 485 g/mol. The first-order valence-electron chi connectivity index (χ1n) is 9.33. The number of rotatable bonds is 5. The van der Waals surface area contributed by atoms with E-state index in [1.54, 1.807) is 24.5 Å². The van der Waals surface area contributed by atoms with Gasteiger partial charge in [-0.25, -0.2) is 9.78 Å². The zero-order chi connectivity index (χ0) is 20.4. The topological polar surface area (TPSA) is 116 Å². The number of carboxylic acid groups (broad SMARTS) is 1. The van der Waals surface area contributed by atoms with Crippen LogP contribution in [0.3, 0.4) is 0 Å². The third-order valence-electron chi connectivity index (χ3n) is 5.08. The van der Waals surface area contributed by atoms with Crippen LogP contribution in [0.15, 0.2) is 42.7 Å². The van der Waals surface area contributed by atoms with Crippen molar-refractivity contribution in [3.05, 3.63) is 51.9 Å². The molecule has 3 N–H and O–H groups in total. The molecule has 0 bridgehead atoms. The summed E-state index contributed by atoms with van der Waals surface area (Å²) in [6.45, 7) is 0. The molecule has 0 amide bonds. The second-order valence-corrected chi connectivity index (χ2v) is 8.25. The zero-order valence-corrected chi connectivity index (χ0v) is 17.7. The van der Waals surface area contributed by atoms with Gasteiger partial charge in [-0.3, -0.25) is 0 Å². The highest BCUT2D eigenvalue weighted by atomic mass is 127.